The van der Waals surface area contributed by atoms with E-state index in [9.17, 15) is 0 Å². The van der Waals surface area contributed by atoms with E-state index in [2.05, 4.69) is 34.6 Å². The zero-order chi connectivity index (χ0) is 17.5. The molecule has 1 aromatic carbocycles. The normalized spacial score (nSPS) is 16.0. The van der Waals surface area contributed by atoms with Gasteiger partial charge in [0.05, 0.1) is 13.7 Å². The molecule has 0 spiro atoms. The monoisotopic (exact) mass is 334 g/mol. The van der Waals surface area contributed by atoms with Crippen molar-refractivity contribution in [3.8, 4) is 11.5 Å². The second-order valence-electron chi connectivity index (χ2n) is 6.25. The van der Waals surface area contributed by atoms with Gasteiger partial charge in [0.2, 0.25) is 0 Å². The summed E-state index contributed by atoms with van der Waals surface area (Å²) < 4.78 is 10.9. The maximum Gasteiger partial charge on any atom is 0.195 e. The van der Waals surface area contributed by atoms with Crippen LogP contribution in [0.1, 0.15) is 19.8 Å². The van der Waals surface area contributed by atoms with Crippen LogP contribution < -0.4 is 20.1 Å². The van der Waals surface area contributed by atoms with E-state index in [1.807, 2.05) is 25.1 Å². The second-order valence-corrected chi connectivity index (χ2v) is 6.25. The third-order valence-corrected chi connectivity index (χ3v) is 4.26. The summed E-state index contributed by atoms with van der Waals surface area (Å²) in [6.07, 6.45) is 2.65. The van der Waals surface area contributed by atoms with Crippen molar-refractivity contribution in [3.63, 3.8) is 0 Å². The Kier molecular flexibility index (Phi) is 6.73. The molecular formula is C18H30N4O2. The van der Waals surface area contributed by atoms with Crippen LogP contribution in [0.4, 0.5) is 5.69 Å². The Morgan fingerprint density at radius 3 is 2.62 bits per heavy atom. The van der Waals surface area contributed by atoms with E-state index in [-0.39, 0.29) is 0 Å². The molecule has 6 heteroatoms. The number of methoxy groups -OCH3 is 1. The van der Waals surface area contributed by atoms with Crippen LogP contribution in [0.3, 0.4) is 0 Å². The highest BCUT2D eigenvalue weighted by Crippen LogP contribution is 2.34. The smallest absolute Gasteiger partial charge is 0.195 e. The fourth-order valence-electron chi connectivity index (χ4n) is 2.79. The SMILES string of the molecule is CCOc1ccc(NC(=NC)NCC(C2CC2)N(C)C)cc1OC. The van der Waals surface area contributed by atoms with Crippen molar-refractivity contribution < 1.29 is 9.47 Å². The van der Waals surface area contributed by atoms with Crippen molar-refractivity contribution in [1.82, 2.24) is 10.2 Å². The molecule has 1 aliphatic rings. The number of benzene rings is 1. The van der Waals surface area contributed by atoms with Gasteiger partial charge in [-0.15, -0.1) is 0 Å². The summed E-state index contributed by atoms with van der Waals surface area (Å²) in [4.78, 5) is 6.60. The molecule has 1 aliphatic carbocycles. The first-order valence-electron chi connectivity index (χ1n) is 8.54. The number of hydrogen-bond donors (Lipinski definition) is 2. The lowest BCUT2D eigenvalue weighted by Crippen LogP contribution is -2.43. The van der Waals surface area contributed by atoms with E-state index in [1.54, 1.807) is 14.2 Å². The number of aliphatic imine (C=N–C) groups is 1. The molecule has 1 saturated carbocycles. The van der Waals surface area contributed by atoms with E-state index >= 15 is 0 Å². The van der Waals surface area contributed by atoms with Crippen molar-refractivity contribution in [2.75, 3.05) is 46.7 Å². The summed E-state index contributed by atoms with van der Waals surface area (Å²) in [6.45, 7) is 3.45. The summed E-state index contributed by atoms with van der Waals surface area (Å²) >= 11 is 0. The number of rotatable bonds is 8. The Bertz CT molecular complexity index is 554. The van der Waals surface area contributed by atoms with Gasteiger partial charge in [0.15, 0.2) is 17.5 Å². The predicted molar refractivity (Wildman–Crippen MR) is 99.3 cm³/mol. The number of guanidine groups is 1. The Balaban J connectivity index is 1.97. The molecule has 0 aliphatic heterocycles. The van der Waals surface area contributed by atoms with Crippen molar-refractivity contribution in [2.45, 2.75) is 25.8 Å². The number of nitrogens with one attached hydrogen (secondary N) is 2. The largest absolute Gasteiger partial charge is 0.493 e. The average molecular weight is 334 g/mol. The fraction of sp³-hybridized carbons (Fsp3) is 0.611. The third-order valence-electron chi connectivity index (χ3n) is 4.26. The number of hydrogen-bond acceptors (Lipinski definition) is 4. The molecular weight excluding hydrogens is 304 g/mol. The molecule has 1 aromatic rings. The van der Waals surface area contributed by atoms with Gasteiger partial charge in [-0.1, -0.05) is 0 Å². The van der Waals surface area contributed by atoms with Gasteiger partial charge < -0.3 is 25.0 Å². The van der Waals surface area contributed by atoms with Crippen LogP contribution in [0.2, 0.25) is 0 Å². The molecule has 24 heavy (non-hydrogen) atoms. The van der Waals surface area contributed by atoms with E-state index in [0.29, 0.717) is 18.4 Å². The quantitative estimate of drug-likeness (QED) is 0.565. The molecule has 2 rings (SSSR count). The van der Waals surface area contributed by atoms with Crippen LogP contribution in [0, 0.1) is 5.92 Å². The van der Waals surface area contributed by atoms with Crippen LogP contribution >= 0.6 is 0 Å². The van der Waals surface area contributed by atoms with E-state index < -0.39 is 0 Å². The van der Waals surface area contributed by atoms with Gasteiger partial charge in [0.1, 0.15) is 0 Å². The molecule has 0 radical (unpaired) electrons. The van der Waals surface area contributed by atoms with Gasteiger partial charge in [-0.3, -0.25) is 4.99 Å². The van der Waals surface area contributed by atoms with Gasteiger partial charge in [0, 0.05) is 31.4 Å². The lowest BCUT2D eigenvalue weighted by molar-refractivity contribution is 0.264. The molecule has 1 unspecified atom stereocenters. The summed E-state index contributed by atoms with van der Waals surface area (Å²) in [6, 6.07) is 6.33. The topological polar surface area (TPSA) is 58.1 Å². The van der Waals surface area contributed by atoms with Gasteiger partial charge in [-0.2, -0.15) is 0 Å². The van der Waals surface area contributed by atoms with Crippen LogP contribution in [0.15, 0.2) is 23.2 Å². The molecule has 0 heterocycles. The van der Waals surface area contributed by atoms with Gasteiger partial charge in [0.25, 0.3) is 0 Å². The standard InChI is InChI=1S/C18H30N4O2/c1-6-24-16-10-9-14(11-17(16)23-5)21-18(19-2)20-12-15(22(3)4)13-7-8-13/h9-11,13,15H,6-8,12H2,1-5H3,(H2,19,20,21). The highest BCUT2D eigenvalue weighted by Gasteiger charge is 2.32. The summed E-state index contributed by atoms with van der Waals surface area (Å²) in [5, 5.41) is 6.73. The van der Waals surface area contributed by atoms with E-state index in [4.69, 9.17) is 9.47 Å². The first kappa shape index (κ1) is 18.4. The lowest BCUT2D eigenvalue weighted by atomic mass is 10.1. The highest BCUT2D eigenvalue weighted by atomic mass is 16.5. The molecule has 1 atom stereocenters. The van der Waals surface area contributed by atoms with Gasteiger partial charge >= 0.3 is 0 Å². The molecule has 0 amide bonds. The van der Waals surface area contributed by atoms with Crippen molar-refractivity contribution >= 4 is 11.6 Å². The highest BCUT2D eigenvalue weighted by molar-refractivity contribution is 5.93. The molecule has 2 N–H and O–H groups in total. The first-order valence-corrected chi connectivity index (χ1v) is 8.54. The summed E-state index contributed by atoms with van der Waals surface area (Å²) in [5.74, 6) is 3.02. The van der Waals surface area contributed by atoms with Crippen LogP contribution in [-0.4, -0.2) is 58.3 Å². The summed E-state index contributed by atoms with van der Waals surface area (Å²) in [7, 11) is 7.70. The minimum atomic E-state index is 0.540. The minimum Gasteiger partial charge on any atom is -0.493 e. The van der Waals surface area contributed by atoms with Crippen molar-refractivity contribution in [2.24, 2.45) is 10.9 Å². The fourth-order valence-corrected chi connectivity index (χ4v) is 2.79. The molecule has 6 nitrogen and oxygen atoms in total. The molecule has 0 aromatic heterocycles. The Labute approximate surface area is 145 Å². The van der Waals surface area contributed by atoms with Gasteiger partial charge in [-0.25, -0.2) is 0 Å². The molecule has 1 fully saturated rings. The third kappa shape index (κ3) is 5.03. The molecule has 134 valence electrons. The number of anilines is 1. The predicted octanol–water partition coefficient (Wildman–Crippen LogP) is 2.42. The van der Waals surface area contributed by atoms with Gasteiger partial charge in [-0.05, 0) is 51.9 Å². The lowest BCUT2D eigenvalue weighted by Gasteiger charge is -2.25. The minimum absolute atomic E-state index is 0.540. The zero-order valence-corrected chi connectivity index (χ0v) is 15.4. The van der Waals surface area contributed by atoms with E-state index in [1.165, 1.54) is 12.8 Å². The van der Waals surface area contributed by atoms with Crippen LogP contribution in [0.25, 0.3) is 0 Å². The maximum atomic E-state index is 5.55. The second kappa shape index (κ2) is 8.78. The average Bonchev–Trinajstić information content (AvgIpc) is 3.40. The van der Waals surface area contributed by atoms with Crippen molar-refractivity contribution in [3.05, 3.63) is 18.2 Å². The summed E-state index contributed by atoms with van der Waals surface area (Å²) in [5.41, 5.74) is 0.913. The molecule has 0 bridgehead atoms. The zero-order valence-electron chi connectivity index (χ0n) is 15.4. The number of likely N-dealkylation sites (N-methyl/N-ethyl adjacent to an activating group) is 1. The number of nitrogens with zero attached hydrogens (tertiary/aromatic N) is 2. The van der Waals surface area contributed by atoms with Crippen molar-refractivity contribution in [1.29, 1.82) is 0 Å². The number of ether oxygens (including phenoxy) is 2. The van der Waals surface area contributed by atoms with Crippen LogP contribution in [0.5, 0.6) is 11.5 Å². The van der Waals surface area contributed by atoms with E-state index in [0.717, 1.165) is 29.9 Å². The van der Waals surface area contributed by atoms with Crippen LogP contribution in [-0.2, 0) is 0 Å². The Morgan fingerprint density at radius 2 is 2.08 bits per heavy atom. The Hall–Kier alpha value is -1.95. The maximum absolute atomic E-state index is 5.55. The molecule has 0 saturated heterocycles. The first-order chi connectivity index (χ1) is 11.6. The Morgan fingerprint density at radius 1 is 1.33 bits per heavy atom.